The lowest BCUT2D eigenvalue weighted by molar-refractivity contribution is 0.188. The van der Waals surface area contributed by atoms with Crippen molar-refractivity contribution in [3.63, 3.8) is 0 Å². The minimum absolute atomic E-state index is 0.254. The molecule has 9 heteroatoms. The predicted molar refractivity (Wildman–Crippen MR) is 147 cm³/mol. The van der Waals surface area contributed by atoms with Gasteiger partial charge in [0.1, 0.15) is 17.9 Å². The Bertz CT molecular complexity index is 1520. The van der Waals surface area contributed by atoms with Gasteiger partial charge in [0, 0.05) is 47.6 Å². The van der Waals surface area contributed by atoms with Crippen LogP contribution >= 0.6 is 0 Å². The molecule has 3 atom stereocenters. The molecule has 8 nitrogen and oxygen atoms in total. The van der Waals surface area contributed by atoms with E-state index in [0.29, 0.717) is 35.8 Å². The second kappa shape index (κ2) is 9.17. The number of hydrogen-bond acceptors (Lipinski definition) is 7. The molecule has 2 bridgehead atoms. The molecular weight excluding hydrogens is 481 g/mol. The van der Waals surface area contributed by atoms with Crippen molar-refractivity contribution in [3.05, 3.63) is 41.3 Å². The quantitative estimate of drug-likeness (QED) is 0.409. The number of piperazine rings is 1. The monoisotopic (exact) mass is 515 g/mol. The number of H-pyrrole nitrogens is 1. The van der Waals surface area contributed by atoms with Gasteiger partial charge in [0.25, 0.3) is 0 Å². The van der Waals surface area contributed by atoms with Crippen LogP contribution < -0.4 is 15.0 Å². The number of benzene rings is 2. The van der Waals surface area contributed by atoms with Crippen LogP contribution in [0.1, 0.15) is 36.8 Å². The zero-order valence-electron chi connectivity index (χ0n) is 22.2. The van der Waals surface area contributed by atoms with Crippen molar-refractivity contribution in [2.45, 2.75) is 57.7 Å². The number of nitrogens with one attached hydrogen (secondary N) is 2. The maximum Gasteiger partial charge on any atom is 0.319 e. The van der Waals surface area contributed by atoms with Gasteiger partial charge in [-0.15, -0.1) is 0 Å². The summed E-state index contributed by atoms with van der Waals surface area (Å²) in [6.45, 7) is 7.35. The maximum absolute atomic E-state index is 16.6. The highest BCUT2D eigenvalue weighted by Gasteiger charge is 2.34. The molecule has 0 radical (unpaired) electrons. The zero-order chi connectivity index (χ0) is 26.0. The Morgan fingerprint density at radius 1 is 1.08 bits per heavy atom. The summed E-state index contributed by atoms with van der Waals surface area (Å²) in [5.74, 6) is 0.423. The highest BCUT2D eigenvalue weighted by Crippen LogP contribution is 2.39. The molecule has 5 heterocycles. The van der Waals surface area contributed by atoms with Gasteiger partial charge in [-0.25, -0.2) is 4.39 Å². The van der Waals surface area contributed by atoms with Crippen LogP contribution in [0.2, 0.25) is 0 Å². The third kappa shape index (κ3) is 3.91. The normalized spacial score (nSPS) is 23.7. The fourth-order valence-electron chi connectivity index (χ4n) is 6.63. The van der Waals surface area contributed by atoms with E-state index in [9.17, 15) is 0 Å². The first-order valence-electron chi connectivity index (χ1n) is 13.7. The molecule has 3 fully saturated rings. The number of aryl methyl sites for hydroxylation is 1. The minimum atomic E-state index is -0.344. The fraction of sp³-hybridized carbons (Fsp3) is 0.483. The van der Waals surface area contributed by atoms with Crippen molar-refractivity contribution in [3.8, 4) is 17.1 Å². The summed E-state index contributed by atoms with van der Waals surface area (Å²) in [4.78, 5) is 14.2. The Balaban J connectivity index is 1.37. The van der Waals surface area contributed by atoms with Crippen molar-refractivity contribution < 1.29 is 9.13 Å². The van der Waals surface area contributed by atoms with Gasteiger partial charge in [-0.3, -0.25) is 5.10 Å². The highest BCUT2D eigenvalue weighted by molar-refractivity contribution is 6.01. The molecule has 2 N–H and O–H groups in total. The average molecular weight is 516 g/mol. The van der Waals surface area contributed by atoms with Gasteiger partial charge in [-0.1, -0.05) is 6.07 Å². The first kappa shape index (κ1) is 23.8. The number of rotatable bonds is 5. The SMILES string of the molecule is Cc1cc2[nH]ncc2c(-c2ccc3c(N4CC5CCC(C4)N5)nc(OC[C@@H]4CCCN4C)nc3c2F)c1C. The highest BCUT2D eigenvalue weighted by atomic mass is 19.1. The number of likely N-dealkylation sites (N-methyl/N-ethyl adjacent to an activating group) is 1. The Morgan fingerprint density at radius 2 is 1.89 bits per heavy atom. The molecule has 4 aromatic rings. The van der Waals surface area contributed by atoms with Crippen LogP contribution in [-0.2, 0) is 0 Å². The number of ether oxygens (including phenoxy) is 1. The smallest absolute Gasteiger partial charge is 0.319 e. The Labute approximate surface area is 221 Å². The standard InChI is InChI=1S/C29H34FN7O/c1-16-11-24-23(12-31-35-24)25(17(16)2)21-8-9-22-27(26(21)30)33-29(38-15-20-5-4-10-36(20)3)34-28(22)37-13-18-6-7-19(14-37)32-18/h8-9,11-12,18-20,32H,4-7,10,13-15H2,1-3H3,(H,31,35)/t18?,19?,20-/m0/s1. The summed E-state index contributed by atoms with van der Waals surface area (Å²) in [6.07, 6.45) is 6.34. The summed E-state index contributed by atoms with van der Waals surface area (Å²) in [7, 11) is 2.12. The second-order valence-electron chi connectivity index (χ2n) is 11.3. The lowest BCUT2D eigenvalue weighted by atomic mass is 9.92. The van der Waals surface area contributed by atoms with Crippen LogP contribution in [0.25, 0.3) is 32.9 Å². The van der Waals surface area contributed by atoms with Crippen molar-refractivity contribution >= 4 is 27.6 Å². The van der Waals surface area contributed by atoms with Crippen molar-refractivity contribution in [1.29, 1.82) is 0 Å². The van der Waals surface area contributed by atoms with Crippen molar-refractivity contribution in [2.75, 3.05) is 38.2 Å². The van der Waals surface area contributed by atoms with Gasteiger partial charge in [-0.05, 0) is 81.9 Å². The molecule has 2 unspecified atom stereocenters. The van der Waals surface area contributed by atoms with Gasteiger partial charge in [0.2, 0.25) is 0 Å². The van der Waals surface area contributed by atoms with Gasteiger partial charge in [0.15, 0.2) is 5.82 Å². The van der Waals surface area contributed by atoms with Crippen molar-refractivity contribution in [2.24, 2.45) is 0 Å². The van der Waals surface area contributed by atoms with E-state index in [1.165, 1.54) is 0 Å². The molecule has 0 amide bonds. The van der Waals surface area contributed by atoms with Crippen LogP contribution in [0.5, 0.6) is 6.01 Å². The van der Waals surface area contributed by atoms with E-state index >= 15 is 4.39 Å². The zero-order valence-corrected chi connectivity index (χ0v) is 22.2. The van der Waals surface area contributed by atoms with Crippen LogP contribution in [0, 0.1) is 19.7 Å². The average Bonchev–Trinajstić information content (AvgIpc) is 3.63. The summed E-state index contributed by atoms with van der Waals surface area (Å²) in [5.41, 5.74) is 4.70. The first-order chi connectivity index (χ1) is 18.5. The Morgan fingerprint density at radius 3 is 2.66 bits per heavy atom. The molecule has 38 heavy (non-hydrogen) atoms. The number of halogens is 1. The molecular formula is C29H34FN7O. The molecule has 3 saturated heterocycles. The largest absolute Gasteiger partial charge is 0.462 e. The maximum atomic E-state index is 16.6. The van der Waals surface area contributed by atoms with E-state index in [1.54, 1.807) is 6.20 Å². The van der Waals surface area contributed by atoms with E-state index in [-0.39, 0.29) is 11.8 Å². The molecule has 2 aromatic carbocycles. The van der Waals surface area contributed by atoms with Crippen LogP contribution in [-0.4, -0.2) is 76.5 Å². The number of fused-ring (bicyclic) bond motifs is 4. The molecule has 0 saturated carbocycles. The summed E-state index contributed by atoms with van der Waals surface area (Å²) in [6, 6.07) is 7.37. The third-order valence-electron chi connectivity index (χ3n) is 8.89. The summed E-state index contributed by atoms with van der Waals surface area (Å²) < 4.78 is 22.8. The number of aromatic amines is 1. The molecule has 7 rings (SSSR count). The fourth-order valence-corrected chi connectivity index (χ4v) is 6.63. The lowest BCUT2D eigenvalue weighted by Gasteiger charge is -2.34. The third-order valence-corrected chi connectivity index (χ3v) is 8.89. The van der Waals surface area contributed by atoms with E-state index < -0.39 is 0 Å². The number of anilines is 1. The molecule has 2 aromatic heterocycles. The van der Waals surface area contributed by atoms with Gasteiger partial charge >= 0.3 is 6.01 Å². The molecule has 0 spiro atoms. The summed E-state index contributed by atoms with van der Waals surface area (Å²) >= 11 is 0. The second-order valence-corrected chi connectivity index (χ2v) is 11.3. The number of nitrogens with zero attached hydrogens (tertiary/aromatic N) is 5. The minimum Gasteiger partial charge on any atom is -0.462 e. The van der Waals surface area contributed by atoms with Crippen molar-refractivity contribution in [1.82, 2.24) is 30.4 Å². The van der Waals surface area contributed by atoms with Crippen LogP contribution in [0.15, 0.2) is 24.4 Å². The van der Waals surface area contributed by atoms with Gasteiger partial charge in [0.05, 0.1) is 11.7 Å². The topological polar surface area (TPSA) is 82.2 Å². The molecule has 198 valence electrons. The van der Waals surface area contributed by atoms with Gasteiger partial charge < -0.3 is 19.9 Å². The lowest BCUT2D eigenvalue weighted by Crippen LogP contribution is -2.51. The predicted octanol–water partition coefficient (Wildman–Crippen LogP) is 4.34. The van der Waals surface area contributed by atoms with E-state index in [4.69, 9.17) is 9.72 Å². The van der Waals surface area contributed by atoms with E-state index in [2.05, 4.69) is 43.4 Å². The number of likely N-dealkylation sites (tertiary alicyclic amines) is 1. The van der Waals surface area contributed by atoms with Gasteiger partial charge in [-0.2, -0.15) is 15.1 Å². The first-order valence-corrected chi connectivity index (χ1v) is 13.7. The Kier molecular flexibility index (Phi) is 5.74. The van der Waals surface area contributed by atoms with E-state index in [1.807, 2.05) is 26.0 Å². The summed E-state index contributed by atoms with van der Waals surface area (Å²) in [5, 5.41) is 12.6. The Hall–Kier alpha value is -3.30. The molecule has 3 aliphatic rings. The molecule has 0 aliphatic carbocycles. The number of aromatic nitrogens is 4. The number of hydrogen-bond donors (Lipinski definition) is 2. The van der Waals surface area contributed by atoms with E-state index in [0.717, 1.165) is 84.1 Å². The van der Waals surface area contributed by atoms with Crippen LogP contribution in [0.4, 0.5) is 10.2 Å². The van der Waals surface area contributed by atoms with Crippen LogP contribution in [0.3, 0.4) is 0 Å². The molecule has 3 aliphatic heterocycles.